The summed E-state index contributed by atoms with van der Waals surface area (Å²) < 4.78 is 3.09. The van der Waals surface area contributed by atoms with Crippen LogP contribution in [0, 0.1) is 13.8 Å². The number of carboxylic acids is 1. The summed E-state index contributed by atoms with van der Waals surface area (Å²) in [7, 11) is 0. The highest BCUT2D eigenvalue weighted by Crippen LogP contribution is 2.35. The summed E-state index contributed by atoms with van der Waals surface area (Å²) in [6, 6.07) is 12.9. The first-order chi connectivity index (χ1) is 13.8. The van der Waals surface area contributed by atoms with Crippen LogP contribution in [0.2, 0.25) is 5.15 Å². The molecular weight excluding hydrogens is 406 g/mol. The predicted molar refractivity (Wildman–Crippen MR) is 119 cm³/mol. The number of carbonyl (C=O) groups is 1. The molecule has 0 unspecified atom stereocenters. The van der Waals surface area contributed by atoms with E-state index in [-0.39, 0.29) is 5.56 Å². The van der Waals surface area contributed by atoms with Crippen LogP contribution in [-0.2, 0) is 0 Å². The largest absolute Gasteiger partial charge is 0.478 e. The SMILES string of the molecule is Cc1cccc(C(C)C)c1-c1nc(NSc2cccc(C(=O)O)c2)nc(Cl)c1C. The molecule has 0 fully saturated rings. The van der Waals surface area contributed by atoms with Crippen molar-refractivity contribution in [3.05, 3.63) is 69.9 Å². The van der Waals surface area contributed by atoms with Gasteiger partial charge in [-0.3, -0.25) is 4.72 Å². The maximum atomic E-state index is 11.2. The van der Waals surface area contributed by atoms with E-state index >= 15 is 0 Å². The van der Waals surface area contributed by atoms with Crippen LogP contribution in [0.15, 0.2) is 47.4 Å². The minimum atomic E-state index is -0.967. The van der Waals surface area contributed by atoms with Gasteiger partial charge in [-0.25, -0.2) is 14.8 Å². The fourth-order valence-corrected chi connectivity index (χ4v) is 3.87. The van der Waals surface area contributed by atoms with Crippen LogP contribution in [0.5, 0.6) is 0 Å². The molecule has 0 aliphatic heterocycles. The molecule has 0 amide bonds. The van der Waals surface area contributed by atoms with Gasteiger partial charge in [0.05, 0.1) is 11.3 Å². The average molecular weight is 428 g/mol. The first-order valence-corrected chi connectivity index (χ1v) is 10.4. The highest BCUT2D eigenvalue weighted by molar-refractivity contribution is 8.00. The summed E-state index contributed by atoms with van der Waals surface area (Å²) in [6.45, 7) is 8.29. The van der Waals surface area contributed by atoms with Gasteiger partial charge >= 0.3 is 5.97 Å². The normalized spacial score (nSPS) is 11.0. The Morgan fingerprint density at radius 1 is 1.14 bits per heavy atom. The van der Waals surface area contributed by atoms with E-state index in [2.05, 4.69) is 48.7 Å². The van der Waals surface area contributed by atoms with Crippen LogP contribution in [0.1, 0.15) is 46.8 Å². The van der Waals surface area contributed by atoms with Gasteiger partial charge in [0, 0.05) is 16.0 Å². The van der Waals surface area contributed by atoms with Crippen molar-refractivity contribution in [2.24, 2.45) is 0 Å². The van der Waals surface area contributed by atoms with Crippen LogP contribution in [0.4, 0.5) is 5.95 Å². The number of halogens is 1. The topological polar surface area (TPSA) is 75.1 Å². The Balaban J connectivity index is 1.97. The van der Waals surface area contributed by atoms with E-state index in [0.29, 0.717) is 17.0 Å². The zero-order chi connectivity index (χ0) is 21.1. The van der Waals surface area contributed by atoms with Crippen LogP contribution in [0.25, 0.3) is 11.3 Å². The Morgan fingerprint density at radius 3 is 2.55 bits per heavy atom. The van der Waals surface area contributed by atoms with Gasteiger partial charge in [0.15, 0.2) is 0 Å². The van der Waals surface area contributed by atoms with E-state index in [1.54, 1.807) is 18.2 Å². The molecule has 3 rings (SSSR count). The highest BCUT2D eigenvalue weighted by Gasteiger charge is 2.18. The molecule has 5 nitrogen and oxygen atoms in total. The van der Waals surface area contributed by atoms with Crippen LogP contribution in [-0.4, -0.2) is 21.0 Å². The standard InChI is InChI=1S/C22H22ClN3O2S/c1-12(2)17-10-5-7-13(3)18(17)19-14(4)20(23)25-22(24-19)26-29-16-9-6-8-15(11-16)21(27)28/h5-12H,1-4H3,(H,27,28)(H,24,25,26). The third-order valence-electron chi connectivity index (χ3n) is 4.59. The molecule has 0 radical (unpaired) electrons. The van der Waals surface area contributed by atoms with E-state index in [1.807, 2.05) is 13.0 Å². The number of aryl methyl sites for hydroxylation is 1. The van der Waals surface area contributed by atoms with Gasteiger partial charge in [-0.2, -0.15) is 0 Å². The maximum Gasteiger partial charge on any atom is 0.335 e. The quantitative estimate of drug-likeness (QED) is 0.352. The lowest BCUT2D eigenvalue weighted by molar-refractivity contribution is 0.0696. The smallest absolute Gasteiger partial charge is 0.335 e. The van der Waals surface area contributed by atoms with Crippen molar-refractivity contribution in [2.45, 2.75) is 38.5 Å². The fraction of sp³-hybridized carbons (Fsp3) is 0.227. The number of carboxylic acid groups (broad SMARTS) is 1. The first-order valence-electron chi connectivity index (χ1n) is 9.18. The van der Waals surface area contributed by atoms with Gasteiger partial charge in [-0.05, 0) is 61.0 Å². The molecule has 0 atom stereocenters. The summed E-state index contributed by atoms with van der Waals surface area (Å²) in [5.41, 5.74) is 5.25. The molecule has 150 valence electrons. The maximum absolute atomic E-state index is 11.2. The lowest BCUT2D eigenvalue weighted by Crippen LogP contribution is -2.04. The minimum absolute atomic E-state index is 0.224. The van der Waals surface area contributed by atoms with E-state index in [0.717, 1.165) is 27.3 Å². The number of rotatable bonds is 6. The average Bonchev–Trinajstić information content (AvgIpc) is 2.69. The van der Waals surface area contributed by atoms with Gasteiger partial charge < -0.3 is 5.11 Å². The second kappa shape index (κ2) is 8.84. The predicted octanol–water partition coefficient (Wildman–Crippen LogP) is 6.35. The molecule has 0 saturated heterocycles. The summed E-state index contributed by atoms with van der Waals surface area (Å²) in [6.07, 6.45) is 0. The van der Waals surface area contributed by atoms with Crippen molar-refractivity contribution in [3.8, 4) is 11.3 Å². The Morgan fingerprint density at radius 2 is 1.86 bits per heavy atom. The third-order valence-corrected chi connectivity index (χ3v) is 5.73. The van der Waals surface area contributed by atoms with Gasteiger partial charge in [0.1, 0.15) is 5.15 Å². The van der Waals surface area contributed by atoms with Crippen LogP contribution >= 0.6 is 23.5 Å². The molecule has 0 spiro atoms. The van der Waals surface area contributed by atoms with Crippen LogP contribution < -0.4 is 4.72 Å². The summed E-state index contributed by atoms with van der Waals surface area (Å²) >= 11 is 7.66. The lowest BCUT2D eigenvalue weighted by Gasteiger charge is -2.18. The Labute approximate surface area is 179 Å². The number of hydrogen-bond donors (Lipinski definition) is 2. The van der Waals surface area contributed by atoms with Gasteiger partial charge in [-0.1, -0.05) is 49.7 Å². The third kappa shape index (κ3) is 4.71. The Bertz CT molecular complexity index is 1070. The van der Waals surface area contributed by atoms with E-state index in [9.17, 15) is 4.79 Å². The van der Waals surface area contributed by atoms with Crippen LogP contribution in [0.3, 0.4) is 0 Å². The zero-order valence-corrected chi connectivity index (χ0v) is 18.2. The Kier molecular flexibility index (Phi) is 6.45. The molecule has 1 aromatic heterocycles. The monoisotopic (exact) mass is 427 g/mol. The molecule has 2 N–H and O–H groups in total. The summed E-state index contributed by atoms with van der Waals surface area (Å²) in [5, 5.41) is 9.53. The van der Waals surface area contributed by atoms with Crippen molar-refractivity contribution in [3.63, 3.8) is 0 Å². The molecule has 3 aromatic rings. The number of nitrogens with one attached hydrogen (secondary N) is 1. The molecular formula is C22H22ClN3O2S. The highest BCUT2D eigenvalue weighted by atomic mass is 35.5. The van der Waals surface area contributed by atoms with Gasteiger partial charge in [-0.15, -0.1) is 0 Å². The van der Waals surface area contributed by atoms with Crippen molar-refractivity contribution in [2.75, 3.05) is 4.72 Å². The molecule has 1 heterocycles. The summed E-state index contributed by atoms with van der Waals surface area (Å²) in [5.74, 6) is -0.257. The van der Waals surface area contributed by atoms with Gasteiger partial charge in [0.25, 0.3) is 0 Å². The second-order valence-corrected chi connectivity index (χ2v) is 8.28. The fourth-order valence-electron chi connectivity index (χ4n) is 3.07. The van der Waals surface area contributed by atoms with E-state index < -0.39 is 5.97 Å². The number of aromatic carboxylic acids is 1. The van der Waals surface area contributed by atoms with Gasteiger partial charge in [0.2, 0.25) is 5.95 Å². The Hall–Kier alpha value is -2.57. The van der Waals surface area contributed by atoms with E-state index in [4.69, 9.17) is 21.7 Å². The zero-order valence-electron chi connectivity index (χ0n) is 16.7. The molecule has 0 bridgehead atoms. The molecule has 0 aliphatic rings. The molecule has 7 heteroatoms. The number of aromatic nitrogens is 2. The second-order valence-electron chi connectivity index (χ2n) is 7.04. The number of hydrogen-bond acceptors (Lipinski definition) is 5. The number of benzene rings is 2. The van der Waals surface area contributed by atoms with Crippen molar-refractivity contribution >= 4 is 35.5 Å². The number of nitrogens with zero attached hydrogens (tertiary/aromatic N) is 2. The number of anilines is 1. The van der Waals surface area contributed by atoms with Crippen molar-refractivity contribution in [1.29, 1.82) is 0 Å². The first kappa shape index (κ1) is 21.1. The minimum Gasteiger partial charge on any atom is -0.478 e. The molecule has 0 aliphatic carbocycles. The van der Waals surface area contributed by atoms with Crippen molar-refractivity contribution < 1.29 is 9.90 Å². The van der Waals surface area contributed by atoms with Crippen molar-refractivity contribution in [1.82, 2.24) is 9.97 Å². The summed E-state index contributed by atoms with van der Waals surface area (Å²) in [4.78, 5) is 21.0. The lowest BCUT2D eigenvalue weighted by atomic mass is 9.90. The molecule has 2 aromatic carbocycles. The molecule has 29 heavy (non-hydrogen) atoms. The molecule has 0 saturated carbocycles. The van der Waals surface area contributed by atoms with E-state index in [1.165, 1.54) is 17.5 Å².